The van der Waals surface area contributed by atoms with Gasteiger partial charge in [0.15, 0.2) is 8.32 Å². The molecule has 1 unspecified atom stereocenters. The molecule has 0 amide bonds. The Kier molecular flexibility index (Phi) is 10.8. The fourth-order valence-corrected chi connectivity index (χ4v) is 4.96. The first kappa shape index (κ1) is 29.4. The van der Waals surface area contributed by atoms with Gasteiger partial charge in [0.1, 0.15) is 0 Å². The number of benzene rings is 2. The third-order valence-corrected chi connectivity index (χ3v) is 11.6. The maximum atomic E-state index is 11.5. The van der Waals surface area contributed by atoms with Gasteiger partial charge in [0.05, 0.1) is 19.6 Å². The molecule has 0 radical (unpaired) electrons. The maximum Gasteiger partial charge on any atom is 0.309 e. The summed E-state index contributed by atoms with van der Waals surface area (Å²) in [6.07, 6.45) is 0.208. The van der Waals surface area contributed by atoms with Gasteiger partial charge in [-0.25, -0.2) is 0 Å². The SMILES string of the molecule is COC(=O)Cc1ccc(NCC(NC[C@H](O[Si](C)(C)C(C)(C)C)c2cccc(Cl)c2)C(C)C)cc1. The van der Waals surface area contributed by atoms with Gasteiger partial charge in [0.2, 0.25) is 0 Å². The van der Waals surface area contributed by atoms with Crippen LogP contribution in [0.1, 0.15) is 51.8 Å². The Labute approximate surface area is 218 Å². The molecule has 2 aromatic rings. The molecule has 194 valence electrons. The number of carbonyl (C=O) groups excluding carboxylic acids is 1. The fourth-order valence-electron chi connectivity index (χ4n) is 3.48. The minimum absolute atomic E-state index is 0.0755. The minimum atomic E-state index is -1.99. The maximum absolute atomic E-state index is 11.5. The number of ether oxygens (including phenoxy) is 1. The molecular formula is C28H43ClN2O3Si. The summed E-state index contributed by atoms with van der Waals surface area (Å²) in [7, 11) is -0.582. The summed E-state index contributed by atoms with van der Waals surface area (Å²) in [6, 6.07) is 16.2. The normalized spacial score (nSPS) is 14.0. The highest BCUT2D eigenvalue weighted by atomic mass is 35.5. The number of esters is 1. The molecule has 2 atom stereocenters. The lowest BCUT2D eigenvalue weighted by Crippen LogP contribution is -2.46. The van der Waals surface area contributed by atoms with E-state index in [0.29, 0.717) is 12.5 Å². The highest BCUT2D eigenvalue weighted by molar-refractivity contribution is 6.74. The molecule has 0 aromatic heterocycles. The van der Waals surface area contributed by atoms with Crippen molar-refractivity contribution in [1.29, 1.82) is 0 Å². The summed E-state index contributed by atoms with van der Waals surface area (Å²) >= 11 is 6.33. The van der Waals surface area contributed by atoms with Crippen LogP contribution < -0.4 is 10.6 Å². The Hall–Kier alpha value is -1.86. The molecule has 0 saturated carbocycles. The van der Waals surface area contributed by atoms with Gasteiger partial charge in [0.25, 0.3) is 0 Å². The summed E-state index contributed by atoms with van der Waals surface area (Å²) in [6.45, 7) is 17.3. The van der Waals surface area contributed by atoms with Gasteiger partial charge in [-0.1, -0.05) is 70.5 Å². The van der Waals surface area contributed by atoms with Crippen molar-refractivity contribution >= 4 is 31.6 Å². The number of methoxy groups -OCH3 is 1. The van der Waals surface area contributed by atoms with E-state index in [2.05, 4.69) is 64.4 Å². The molecule has 2 rings (SSSR count). The number of hydrogen-bond donors (Lipinski definition) is 2. The van der Waals surface area contributed by atoms with E-state index in [9.17, 15) is 4.79 Å². The molecule has 0 aliphatic heterocycles. The molecule has 5 nitrogen and oxygen atoms in total. The van der Waals surface area contributed by atoms with Gasteiger partial charge in [-0.05, 0) is 59.4 Å². The lowest BCUT2D eigenvalue weighted by molar-refractivity contribution is -0.139. The average molecular weight is 519 g/mol. The zero-order valence-corrected chi connectivity index (χ0v) is 24.3. The quantitative estimate of drug-likeness (QED) is 0.238. The highest BCUT2D eigenvalue weighted by Gasteiger charge is 2.39. The Bertz CT molecular complexity index is 942. The van der Waals surface area contributed by atoms with Crippen LogP contribution in [-0.4, -0.2) is 40.5 Å². The van der Waals surface area contributed by atoms with Crippen molar-refractivity contribution in [2.75, 3.05) is 25.5 Å². The highest BCUT2D eigenvalue weighted by Crippen LogP contribution is 2.40. The monoisotopic (exact) mass is 518 g/mol. The van der Waals surface area contributed by atoms with E-state index in [1.165, 1.54) is 7.11 Å². The van der Waals surface area contributed by atoms with Crippen LogP contribution in [0.15, 0.2) is 48.5 Å². The predicted octanol–water partition coefficient (Wildman–Crippen LogP) is 6.84. The molecule has 0 saturated heterocycles. The third-order valence-electron chi connectivity index (χ3n) is 6.89. The summed E-state index contributed by atoms with van der Waals surface area (Å²) < 4.78 is 11.6. The lowest BCUT2D eigenvalue weighted by Gasteiger charge is -2.40. The molecule has 0 aliphatic rings. The first-order chi connectivity index (χ1) is 16.3. The standard InChI is InChI=1S/C28H43ClN2O3Si/c1-20(2)25(18-30-24-14-12-21(13-15-24)16-27(32)33-6)31-19-26(22-10-9-11-23(29)17-22)34-35(7,8)28(3,4)5/h9-15,17,20,25-26,30-31H,16,18-19H2,1-8H3/t25?,26-/m0/s1. The molecule has 2 N–H and O–H groups in total. The summed E-state index contributed by atoms with van der Waals surface area (Å²) in [5.41, 5.74) is 3.06. The molecule has 0 aliphatic carbocycles. The first-order valence-electron chi connectivity index (χ1n) is 12.4. The van der Waals surface area contributed by atoms with E-state index in [-0.39, 0.29) is 29.6 Å². The summed E-state index contributed by atoms with van der Waals surface area (Å²) in [5.74, 6) is 0.193. The third kappa shape index (κ3) is 9.26. The van der Waals surface area contributed by atoms with Crippen LogP contribution in [0.2, 0.25) is 23.2 Å². The van der Waals surface area contributed by atoms with Crippen molar-refractivity contribution in [3.63, 3.8) is 0 Å². The smallest absolute Gasteiger partial charge is 0.309 e. The van der Waals surface area contributed by atoms with Crippen LogP contribution >= 0.6 is 11.6 Å². The second kappa shape index (κ2) is 12.9. The minimum Gasteiger partial charge on any atom is -0.469 e. The van der Waals surface area contributed by atoms with Crippen molar-refractivity contribution in [3.05, 3.63) is 64.7 Å². The van der Waals surface area contributed by atoms with E-state index >= 15 is 0 Å². The van der Waals surface area contributed by atoms with Crippen LogP contribution in [0.5, 0.6) is 0 Å². The van der Waals surface area contributed by atoms with Gasteiger partial charge in [-0.3, -0.25) is 4.79 Å². The number of halogens is 1. The van der Waals surface area contributed by atoms with E-state index in [1.54, 1.807) is 0 Å². The molecule has 7 heteroatoms. The number of carbonyl (C=O) groups is 1. The number of rotatable bonds is 12. The van der Waals surface area contributed by atoms with Crippen molar-refractivity contribution in [2.45, 2.75) is 71.3 Å². The van der Waals surface area contributed by atoms with Crippen LogP contribution in [0.4, 0.5) is 5.69 Å². The summed E-state index contributed by atoms with van der Waals surface area (Å²) in [5, 5.41) is 8.13. The van der Waals surface area contributed by atoms with Gasteiger partial charge in [0, 0.05) is 29.8 Å². The van der Waals surface area contributed by atoms with Gasteiger partial charge < -0.3 is 19.8 Å². The average Bonchev–Trinajstić information content (AvgIpc) is 2.78. The van der Waals surface area contributed by atoms with Gasteiger partial charge >= 0.3 is 5.97 Å². The van der Waals surface area contributed by atoms with E-state index in [0.717, 1.165) is 28.4 Å². The second-order valence-electron chi connectivity index (χ2n) is 11.0. The van der Waals surface area contributed by atoms with Crippen molar-refractivity contribution < 1.29 is 14.0 Å². The van der Waals surface area contributed by atoms with Crippen LogP contribution in [0.25, 0.3) is 0 Å². The molecule has 0 bridgehead atoms. The van der Waals surface area contributed by atoms with Crippen LogP contribution in [0.3, 0.4) is 0 Å². The Morgan fingerprint density at radius 3 is 2.26 bits per heavy atom. The van der Waals surface area contributed by atoms with Crippen LogP contribution in [-0.2, 0) is 20.4 Å². The molecule has 0 fully saturated rings. The topological polar surface area (TPSA) is 59.6 Å². The van der Waals surface area contributed by atoms with Crippen molar-refractivity contribution in [3.8, 4) is 0 Å². The Balaban J connectivity index is 2.08. The molecule has 0 heterocycles. The predicted molar refractivity (Wildman–Crippen MR) is 150 cm³/mol. The first-order valence-corrected chi connectivity index (χ1v) is 15.7. The largest absolute Gasteiger partial charge is 0.469 e. The fraction of sp³-hybridized carbons (Fsp3) is 0.536. The Morgan fingerprint density at radius 1 is 1.06 bits per heavy atom. The van der Waals surface area contributed by atoms with Gasteiger partial charge in [-0.15, -0.1) is 0 Å². The van der Waals surface area contributed by atoms with Crippen LogP contribution in [0, 0.1) is 5.92 Å². The zero-order chi connectivity index (χ0) is 26.2. The number of anilines is 1. The molecule has 2 aromatic carbocycles. The molecule has 0 spiro atoms. The molecular weight excluding hydrogens is 476 g/mol. The Morgan fingerprint density at radius 2 is 1.71 bits per heavy atom. The zero-order valence-electron chi connectivity index (χ0n) is 22.6. The van der Waals surface area contributed by atoms with E-state index in [4.69, 9.17) is 20.8 Å². The number of nitrogens with one attached hydrogen (secondary N) is 2. The van der Waals surface area contributed by atoms with E-state index in [1.807, 2.05) is 42.5 Å². The van der Waals surface area contributed by atoms with Crippen molar-refractivity contribution in [1.82, 2.24) is 5.32 Å². The van der Waals surface area contributed by atoms with Gasteiger partial charge in [-0.2, -0.15) is 0 Å². The lowest BCUT2D eigenvalue weighted by atomic mass is 10.0. The summed E-state index contributed by atoms with van der Waals surface area (Å²) in [4.78, 5) is 11.5. The second-order valence-corrected chi connectivity index (χ2v) is 16.2. The van der Waals surface area contributed by atoms with Crippen molar-refractivity contribution in [2.24, 2.45) is 5.92 Å². The number of hydrogen-bond acceptors (Lipinski definition) is 5. The molecule has 35 heavy (non-hydrogen) atoms. The van der Waals surface area contributed by atoms with E-state index < -0.39 is 8.32 Å².